The lowest BCUT2D eigenvalue weighted by Gasteiger charge is -2.27. The molecule has 6 heteroatoms. The minimum absolute atomic E-state index is 0.196. The van der Waals surface area contributed by atoms with Gasteiger partial charge in [0, 0.05) is 25.0 Å². The Labute approximate surface area is 155 Å². The summed E-state index contributed by atoms with van der Waals surface area (Å²) in [6, 6.07) is 7.77. The van der Waals surface area contributed by atoms with Crippen molar-refractivity contribution in [2.75, 3.05) is 26.2 Å². The fraction of sp³-hybridized carbons (Fsp3) is 0.600. The van der Waals surface area contributed by atoms with Gasteiger partial charge >= 0.3 is 12.0 Å². The van der Waals surface area contributed by atoms with Gasteiger partial charge in [0.05, 0.1) is 12.5 Å². The van der Waals surface area contributed by atoms with Crippen molar-refractivity contribution in [2.45, 2.75) is 39.5 Å². The Balaban J connectivity index is 1.87. The summed E-state index contributed by atoms with van der Waals surface area (Å²) in [7, 11) is 0. The molecule has 144 valence electrons. The average molecular weight is 362 g/mol. The topological polar surface area (TPSA) is 78.9 Å². The number of urea groups is 1. The number of ether oxygens (including phenoxy) is 1. The summed E-state index contributed by atoms with van der Waals surface area (Å²) in [6.45, 7) is 10.3. The minimum atomic E-state index is -0.833. The van der Waals surface area contributed by atoms with E-state index in [9.17, 15) is 9.59 Å². The number of nitrogens with zero attached hydrogens (tertiary/aromatic N) is 1. The normalized spacial score (nSPS) is 17.4. The molecule has 0 saturated carbocycles. The van der Waals surface area contributed by atoms with Gasteiger partial charge in [0.25, 0.3) is 0 Å². The molecule has 0 aromatic heterocycles. The van der Waals surface area contributed by atoms with Crippen LogP contribution in [0, 0.1) is 11.8 Å². The molecule has 1 aromatic carbocycles. The highest BCUT2D eigenvalue weighted by Gasteiger charge is 2.31. The molecular weight excluding hydrogens is 332 g/mol. The summed E-state index contributed by atoms with van der Waals surface area (Å²) >= 11 is 0. The molecule has 1 aromatic rings. The van der Waals surface area contributed by atoms with Crippen LogP contribution in [0.15, 0.2) is 24.3 Å². The smallest absolute Gasteiger partial charge is 0.317 e. The molecule has 0 bridgehead atoms. The molecule has 1 heterocycles. The first-order valence-electron chi connectivity index (χ1n) is 9.18. The molecule has 26 heavy (non-hydrogen) atoms. The Morgan fingerprint density at radius 3 is 2.50 bits per heavy atom. The third-order valence-electron chi connectivity index (χ3n) is 4.73. The summed E-state index contributed by atoms with van der Waals surface area (Å²) in [5.74, 6) is 0.0410. The molecule has 1 aliphatic rings. The highest BCUT2D eigenvalue weighted by atomic mass is 16.5. The summed E-state index contributed by atoms with van der Waals surface area (Å²) in [6.07, 6.45) is 0.518. The maximum Gasteiger partial charge on any atom is 0.317 e. The van der Waals surface area contributed by atoms with E-state index in [1.165, 1.54) is 0 Å². The molecule has 2 amide bonds. The number of benzene rings is 1. The van der Waals surface area contributed by atoms with Gasteiger partial charge in [-0.05, 0) is 30.0 Å². The van der Waals surface area contributed by atoms with Crippen LogP contribution in [-0.4, -0.2) is 48.2 Å². The number of carbonyl (C=O) groups excluding carboxylic acids is 1. The van der Waals surface area contributed by atoms with Crippen LogP contribution < -0.4 is 10.1 Å². The highest BCUT2D eigenvalue weighted by molar-refractivity contribution is 5.77. The summed E-state index contributed by atoms with van der Waals surface area (Å²) < 4.78 is 5.71. The molecule has 0 spiro atoms. The average Bonchev–Trinajstić information content (AvgIpc) is 3.09. The van der Waals surface area contributed by atoms with Crippen molar-refractivity contribution in [1.29, 1.82) is 0 Å². The molecule has 6 nitrogen and oxygen atoms in total. The van der Waals surface area contributed by atoms with Gasteiger partial charge in [-0.25, -0.2) is 4.79 Å². The number of hydrogen-bond donors (Lipinski definition) is 2. The number of carbonyl (C=O) groups is 2. The molecule has 0 aliphatic carbocycles. The van der Waals surface area contributed by atoms with Crippen LogP contribution >= 0.6 is 0 Å². The number of hydrogen-bond acceptors (Lipinski definition) is 3. The van der Waals surface area contributed by atoms with Crippen molar-refractivity contribution in [2.24, 2.45) is 11.8 Å². The van der Waals surface area contributed by atoms with Crippen molar-refractivity contribution in [3.63, 3.8) is 0 Å². The lowest BCUT2D eigenvalue weighted by atomic mass is 9.84. The Bertz CT molecular complexity index is 625. The molecular formula is C20H30N2O4. The van der Waals surface area contributed by atoms with E-state index in [4.69, 9.17) is 9.84 Å². The maximum atomic E-state index is 12.3. The lowest BCUT2D eigenvalue weighted by molar-refractivity contribution is -0.141. The summed E-state index contributed by atoms with van der Waals surface area (Å²) in [5.41, 5.74) is 0.873. The SMILES string of the molecule is CC(C)COc1ccc(C(C)(C)CNC(=O)N2CCC(C(=O)O)C2)cc1. The van der Waals surface area contributed by atoms with Crippen molar-refractivity contribution in [3.05, 3.63) is 29.8 Å². The third kappa shape index (κ3) is 5.38. The molecule has 1 saturated heterocycles. The van der Waals surface area contributed by atoms with Crippen LogP contribution in [0.2, 0.25) is 0 Å². The van der Waals surface area contributed by atoms with E-state index in [2.05, 4.69) is 33.0 Å². The van der Waals surface area contributed by atoms with Gasteiger partial charge in [0.15, 0.2) is 0 Å². The van der Waals surface area contributed by atoms with E-state index in [-0.39, 0.29) is 18.0 Å². The Hall–Kier alpha value is -2.24. The fourth-order valence-electron chi connectivity index (χ4n) is 2.92. The fourth-order valence-corrected chi connectivity index (χ4v) is 2.92. The molecule has 1 atom stereocenters. The van der Waals surface area contributed by atoms with Crippen LogP contribution in [-0.2, 0) is 10.2 Å². The van der Waals surface area contributed by atoms with Gasteiger partial charge in [0.1, 0.15) is 5.75 Å². The quantitative estimate of drug-likeness (QED) is 0.781. The number of carboxylic acids is 1. The third-order valence-corrected chi connectivity index (χ3v) is 4.73. The Morgan fingerprint density at radius 2 is 1.96 bits per heavy atom. The number of carboxylic acid groups (broad SMARTS) is 1. The van der Waals surface area contributed by atoms with Gasteiger partial charge < -0.3 is 20.1 Å². The van der Waals surface area contributed by atoms with Gasteiger partial charge in [-0.2, -0.15) is 0 Å². The number of nitrogens with one attached hydrogen (secondary N) is 1. The van der Waals surface area contributed by atoms with Crippen LogP contribution in [0.3, 0.4) is 0 Å². The van der Waals surface area contributed by atoms with Gasteiger partial charge in [-0.1, -0.05) is 39.8 Å². The van der Waals surface area contributed by atoms with E-state index in [1.807, 2.05) is 24.3 Å². The zero-order valence-corrected chi connectivity index (χ0v) is 16.1. The van der Waals surface area contributed by atoms with E-state index >= 15 is 0 Å². The number of amides is 2. The number of rotatable bonds is 7. The number of aliphatic carboxylic acids is 1. The molecule has 2 N–H and O–H groups in total. The lowest BCUT2D eigenvalue weighted by Crippen LogP contribution is -2.44. The van der Waals surface area contributed by atoms with E-state index in [1.54, 1.807) is 4.90 Å². The van der Waals surface area contributed by atoms with E-state index in [0.717, 1.165) is 11.3 Å². The zero-order valence-electron chi connectivity index (χ0n) is 16.1. The first-order chi connectivity index (χ1) is 12.2. The number of likely N-dealkylation sites (tertiary alicyclic amines) is 1. The van der Waals surface area contributed by atoms with Gasteiger partial charge in [-0.3, -0.25) is 4.79 Å². The van der Waals surface area contributed by atoms with Gasteiger partial charge in [0.2, 0.25) is 0 Å². The highest BCUT2D eigenvalue weighted by Crippen LogP contribution is 2.25. The maximum absolute atomic E-state index is 12.3. The second-order valence-electron chi connectivity index (χ2n) is 8.04. The minimum Gasteiger partial charge on any atom is -0.493 e. The molecule has 1 aliphatic heterocycles. The molecule has 1 fully saturated rings. The van der Waals surface area contributed by atoms with E-state index in [0.29, 0.717) is 32.0 Å². The predicted octanol–water partition coefficient (Wildman–Crippen LogP) is 3.12. The second kappa shape index (κ2) is 8.43. The van der Waals surface area contributed by atoms with Gasteiger partial charge in [-0.15, -0.1) is 0 Å². The molecule has 1 unspecified atom stereocenters. The van der Waals surface area contributed by atoms with Crippen LogP contribution in [0.25, 0.3) is 0 Å². The van der Waals surface area contributed by atoms with Crippen LogP contribution in [0.4, 0.5) is 4.79 Å². The molecule has 2 rings (SSSR count). The second-order valence-corrected chi connectivity index (χ2v) is 8.04. The van der Waals surface area contributed by atoms with Crippen LogP contribution in [0.5, 0.6) is 5.75 Å². The first kappa shape index (κ1) is 20.1. The summed E-state index contributed by atoms with van der Waals surface area (Å²) in [5, 5.41) is 12.0. The Morgan fingerprint density at radius 1 is 1.31 bits per heavy atom. The van der Waals surface area contributed by atoms with Crippen molar-refractivity contribution < 1.29 is 19.4 Å². The van der Waals surface area contributed by atoms with Crippen molar-refractivity contribution in [1.82, 2.24) is 10.2 Å². The van der Waals surface area contributed by atoms with Crippen LogP contribution in [0.1, 0.15) is 39.7 Å². The standard InChI is InChI=1S/C20H30N2O4/c1-14(2)12-26-17-7-5-16(6-8-17)20(3,4)13-21-19(25)22-10-9-15(11-22)18(23)24/h5-8,14-15H,9-13H2,1-4H3,(H,21,25)(H,23,24). The monoisotopic (exact) mass is 362 g/mol. The Kier molecular flexibility index (Phi) is 6.51. The largest absolute Gasteiger partial charge is 0.493 e. The molecule has 0 radical (unpaired) electrons. The zero-order chi connectivity index (χ0) is 19.3. The van der Waals surface area contributed by atoms with Crippen molar-refractivity contribution in [3.8, 4) is 5.75 Å². The first-order valence-corrected chi connectivity index (χ1v) is 9.18. The van der Waals surface area contributed by atoms with Crippen molar-refractivity contribution >= 4 is 12.0 Å². The van der Waals surface area contributed by atoms with E-state index < -0.39 is 11.9 Å². The predicted molar refractivity (Wildman–Crippen MR) is 101 cm³/mol. The summed E-state index contributed by atoms with van der Waals surface area (Å²) in [4.78, 5) is 24.9.